The van der Waals surface area contributed by atoms with Gasteiger partial charge in [0.1, 0.15) is 0 Å². The van der Waals surface area contributed by atoms with Crippen molar-refractivity contribution in [3.63, 3.8) is 0 Å². The molecule has 0 unspecified atom stereocenters. The molecule has 2 N–H and O–H groups in total. The Hall–Kier alpha value is -1.45. The Morgan fingerprint density at radius 1 is 0.846 bits per heavy atom. The normalized spacial score (nSPS) is 11.9. The highest BCUT2D eigenvalue weighted by atomic mass is 31.2. The van der Waals surface area contributed by atoms with E-state index in [1.165, 1.54) is 22.3 Å². The molecule has 2 aromatic rings. The van der Waals surface area contributed by atoms with Crippen LogP contribution in [0.15, 0.2) is 48.5 Å². The van der Waals surface area contributed by atoms with Crippen molar-refractivity contribution in [2.75, 3.05) is 6.61 Å². The second-order valence-corrected chi connectivity index (χ2v) is 8.03. The highest BCUT2D eigenvalue weighted by Gasteiger charge is 2.17. The van der Waals surface area contributed by atoms with Crippen LogP contribution in [0.2, 0.25) is 0 Å². The van der Waals surface area contributed by atoms with Crippen molar-refractivity contribution in [2.45, 2.75) is 51.9 Å². The minimum Gasteiger partial charge on any atom is -0.303 e. The molecule has 0 aromatic heterocycles. The second-order valence-electron chi connectivity index (χ2n) is 6.79. The lowest BCUT2D eigenvalue weighted by Gasteiger charge is -2.22. The highest BCUT2D eigenvalue weighted by Crippen LogP contribution is 2.36. The van der Waals surface area contributed by atoms with Gasteiger partial charge in [-0.25, -0.2) is 4.57 Å². The molecule has 0 bridgehead atoms. The third-order valence-electron chi connectivity index (χ3n) is 4.77. The Labute approximate surface area is 156 Å². The Morgan fingerprint density at radius 2 is 1.35 bits per heavy atom. The van der Waals surface area contributed by atoms with Crippen LogP contribution in [0.5, 0.6) is 0 Å². The van der Waals surface area contributed by atoms with Gasteiger partial charge >= 0.3 is 7.82 Å². The Kier molecular flexibility index (Phi) is 8.05. The third kappa shape index (κ3) is 6.69. The lowest BCUT2D eigenvalue weighted by Crippen LogP contribution is -2.05. The maximum atomic E-state index is 10.7. The molecule has 142 valence electrons. The van der Waals surface area contributed by atoms with Gasteiger partial charge < -0.3 is 9.79 Å². The van der Waals surface area contributed by atoms with Crippen molar-refractivity contribution in [1.82, 2.24) is 0 Å². The summed E-state index contributed by atoms with van der Waals surface area (Å²) in [6.45, 7) is 4.45. The van der Waals surface area contributed by atoms with Crippen molar-refractivity contribution in [2.24, 2.45) is 0 Å². The smallest absolute Gasteiger partial charge is 0.303 e. The maximum absolute atomic E-state index is 10.7. The minimum absolute atomic E-state index is 0.114. The molecule has 0 atom stereocenters. The van der Waals surface area contributed by atoms with E-state index in [1.54, 1.807) is 0 Å². The van der Waals surface area contributed by atoms with Crippen LogP contribution in [0, 0.1) is 13.8 Å². The standard InChI is InChI=1S/C21H29O4P/c1-17-11-6-8-13-19(17)21(20-14-9-7-12-18(20)2)15-5-3-4-10-16-25-26(22,23)24/h6-9,11-14,21H,3-5,10,15-16H2,1-2H3,(H2,22,23,24). The molecule has 0 aliphatic heterocycles. The number of phosphoric ester groups is 1. The fourth-order valence-electron chi connectivity index (χ4n) is 3.42. The Morgan fingerprint density at radius 3 is 1.85 bits per heavy atom. The van der Waals surface area contributed by atoms with E-state index in [-0.39, 0.29) is 6.61 Å². The molecule has 0 spiro atoms. The van der Waals surface area contributed by atoms with Gasteiger partial charge in [-0.1, -0.05) is 67.8 Å². The number of benzene rings is 2. The summed E-state index contributed by atoms with van der Waals surface area (Å²) in [7, 11) is -4.33. The molecule has 2 rings (SSSR count). The summed E-state index contributed by atoms with van der Waals surface area (Å²) in [6, 6.07) is 17.1. The van der Waals surface area contributed by atoms with Gasteiger partial charge in [0, 0.05) is 5.92 Å². The zero-order chi connectivity index (χ0) is 19.0. The Bertz CT molecular complexity index is 693. The molecule has 0 aliphatic carbocycles. The zero-order valence-electron chi connectivity index (χ0n) is 15.6. The van der Waals surface area contributed by atoms with Gasteiger partial charge in [0.2, 0.25) is 0 Å². The van der Waals surface area contributed by atoms with Crippen LogP contribution in [0.25, 0.3) is 0 Å². The summed E-state index contributed by atoms with van der Waals surface area (Å²) in [5.74, 6) is 0.378. The average molecular weight is 376 g/mol. The number of phosphoric acid groups is 1. The van der Waals surface area contributed by atoms with E-state index in [2.05, 4.69) is 66.9 Å². The topological polar surface area (TPSA) is 66.8 Å². The van der Waals surface area contributed by atoms with Crippen LogP contribution in [0.1, 0.15) is 60.3 Å². The molecule has 0 fully saturated rings. The maximum Gasteiger partial charge on any atom is 0.469 e. The monoisotopic (exact) mass is 376 g/mol. The molecule has 0 amide bonds. The Balaban J connectivity index is 1.95. The van der Waals surface area contributed by atoms with Gasteiger partial charge in [-0.05, 0) is 48.9 Å². The minimum atomic E-state index is -4.33. The first-order chi connectivity index (χ1) is 12.4. The molecule has 2 aromatic carbocycles. The summed E-state index contributed by atoms with van der Waals surface area (Å²) in [5.41, 5.74) is 5.39. The van der Waals surface area contributed by atoms with Gasteiger partial charge in [0.15, 0.2) is 0 Å². The largest absolute Gasteiger partial charge is 0.469 e. The lowest BCUT2D eigenvalue weighted by molar-refractivity contribution is 0.193. The predicted molar refractivity (Wildman–Crippen MR) is 105 cm³/mol. The first-order valence-corrected chi connectivity index (χ1v) is 10.7. The van der Waals surface area contributed by atoms with Crippen LogP contribution in [-0.2, 0) is 9.09 Å². The lowest BCUT2D eigenvalue weighted by atomic mass is 9.83. The SMILES string of the molecule is Cc1ccccc1C(CCCCCCOP(=O)(O)O)c1ccccc1C. The van der Waals surface area contributed by atoms with E-state index in [0.29, 0.717) is 12.3 Å². The van der Waals surface area contributed by atoms with E-state index < -0.39 is 7.82 Å². The molecular weight excluding hydrogens is 347 g/mol. The van der Waals surface area contributed by atoms with Gasteiger partial charge in [0.25, 0.3) is 0 Å². The van der Waals surface area contributed by atoms with Crippen LogP contribution in [-0.4, -0.2) is 16.4 Å². The number of aryl methyl sites for hydroxylation is 2. The quantitative estimate of drug-likeness (QED) is 0.425. The van der Waals surface area contributed by atoms with Crippen LogP contribution >= 0.6 is 7.82 Å². The molecule has 5 heteroatoms. The van der Waals surface area contributed by atoms with Crippen molar-refractivity contribution >= 4 is 7.82 Å². The van der Waals surface area contributed by atoms with Crippen LogP contribution in [0.3, 0.4) is 0 Å². The molecule has 26 heavy (non-hydrogen) atoms. The van der Waals surface area contributed by atoms with E-state index >= 15 is 0 Å². The molecule has 0 heterocycles. The summed E-state index contributed by atoms with van der Waals surface area (Å²) in [5, 5.41) is 0. The summed E-state index contributed by atoms with van der Waals surface area (Å²) < 4.78 is 15.2. The third-order valence-corrected chi connectivity index (χ3v) is 5.29. The van der Waals surface area contributed by atoms with Gasteiger partial charge in [-0.3, -0.25) is 4.52 Å². The number of unbranched alkanes of at least 4 members (excludes halogenated alkanes) is 3. The number of rotatable bonds is 10. The molecule has 0 radical (unpaired) electrons. The van der Waals surface area contributed by atoms with Crippen molar-refractivity contribution in [1.29, 1.82) is 0 Å². The van der Waals surface area contributed by atoms with Crippen molar-refractivity contribution in [3.05, 3.63) is 70.8 Å². The van der Waals surface area contributed by atoms with E-state index in [4.69, 9.17) is 9.79 Å². The van der Waals surface area contributed by atoms with Gasteiger partial charge in [-0.15, -0.1) is 0 Å². The zero-order valence-corrected chi connectivity index (χ0v) is 16.5. The fourth-order valence-corrected chi connectivity index (χ4v) is 3.79. The fraction of sp³-hybridized carbons (Fsp3) is 0.429. The van der Waals surface area contributed by atoms with E-state index in [1.807, 2.05) is 0 Å². The molecule has 0 saturated carbocycles. The van der Waals surface area contributed by atoms with Crippen molar-refractivity contribution < 1.29 is 18.9 Å². The predicted octanol–water partition coefficient (Wildman–Crippen LogP) is 5.50. The molecule has 0 aliphatic rings. The van der Waals surface area contributed by atoms with Crippen molar-refractivity contribution in [3.8, 4) is 0 Å². The number of hydrogen-bond donors (Lipinski definition) is 2. The van der Waals surface area contributed by atoms with Gasteiger partial charge in [0.05, 0.1) is 6.61 Å². The number of hydrogen-bond acceptors (Lipinski definition) is 2. The highest BCUT2D eigenvalue weighted by molar-refractivity contribution is 7.46. The van der Waals surface area contributed by atoms with Crippen LogP contribution < -0.4 is 0 Å². The van der Waals surface area contributed by atoms with E-state index in [9.17, 15) is 4.57 Å². The summed E-state index contributed by atoms with van der Waals surface area (Å²) in [4.78, 5) is 17.4. The first kappa shape index (κ1) is 20.9. The van der Waals surface area contributed by atoms with Crippen LogP contribution in [0.4, 0.5) is 0 Å². The average Bonchev–Trinajstić information content (AvgIpc) is 2.58. The molecule has 4 nitrogen and oxygen atoms in total. The first-order valence-electron chi connectivity index (χ1n) is 9.19. The molecule has 0 saturated heterocycles. The summed E-state index contributed by atoms with van der Waals surface area (Å²) in [6.07, 6.45) is 4.75. The van der Waals surface area contributed by atoms with E-state index in [0.717, 1.165) is 25.7 Å². The second kappa shape index (κ2) is 10.0. The molecular formula is C21H29O4P. The summed E-state index contributed by atoms with van der Waals surface area (Å²) >= 11 is 0. The van der Waals surface area contributed by atoms with Gasteiger partial charge in [-0.2, -0.15) is 0 Å².